The summed E-state index contributed by atoms with van der Waals surface area (Å²) in [5, 5.41) is 11.8. The number of rotatable bonds is 5. The smallest absolute Gasteiger partial charge is 0.251 e. The summed E-state index contributed by atoms with van der Waals surface area (Å²) in [6.45, 7) is 1.85. The Kier molecular flexibility index (Phi) is 5.44. The van der Waals surface area contributed by atoms with Gasteiger partial charge in [-0.25, -0.2) is 0 Å². The van der Waals surface area contributed by atoms with Crippen LogP contribution in [0.25, 0.3) is 0 Å². The molecule has 0 saturated carbocycles. The maximum Gasteiger partial charge on any atom is 0.251 e. The molecule has 0 radical (unpaired) electrons. The van der Waals surface area contributed by atoms with E-state index in [-0.39, 0.29) is 18.6 Å². The lowest BCUT2D eigenvalue weighted by Crippen LogP contribution is -2.36. The number of carbonyl (C=O) groups excluding carboxylic acids is 1. The molecule has 0 saturated heterocycles. The Labute approximate surface area is 109 Å². The minimum Gasteiger partial charge on any atom is -0.496 e. The van der Waals surface area contributed by atoms with Gasteiger partial charge in [-0.3, -0.25) is 4.79 Å². The minimum atomic E-state index is -0.205. The minimum absolute atomic E-state index is 0.0560. The fraction of sp³-hybridized carbons (Fsp3) is 0.417. The van der Waals surface area contributed by atoms with Gasteiger partial charge in [0, 0.05) is 5.56 Å². The van der Waals surface area contributed by atoms with E-state index in [1.165, 1.54) is 0 Å². The van der Waals surface area contributed by atoms with Crippen LogP contribution in [0.3, 0.4) is 0 Å². The molecule has 17 heavy (non-hydrogen) atoms. The second kappa shape index (κ2) is 6.61. The zero-order chi connectivity index (χ0) is 12.8. The van der Waals surface area contributed by atoms with Crippen molar-refractivity contribution in [2.45, 2.75) is 19.4 Å². The fourth-order valence-electron chi connectivity index (χ4n) is 1.35. The predicted molar refractivity (Wildman–Crippen MR) is 69.3 cm³/mol. The Morgan fingerprint density at radius 1 is 1.59 bits per heavy atom. The summed E-state index contributed by atoms with van der Waals surface area (Å²) in [7, 11) is 1.57. The molecule has 0 aliphatic heterocycles. The van der Waals surface area contributed by atoms with E-state index >= 15 is 0 Å². The highest BCUT2D eigenvalue weighted by Gasteiger charge is 2.12. The monoisotopic (exact) mass is 301 g/mol. The topological polar surface area (TPSA) is 58.6 Å². The third-order valence-electron chi connectivity index (χ3n) is 2.46. The molecule has 0 aliphatic carbocycles. The number of carbonyl (C=O) groups is 1. The first kappa shape index (κ1) is 14.0. The Hall–Kier alpha value is -1.07. The number of hydrogen-bond acceptors (Lipinski definition) is 3. The van der Waals surface area contributed by atoms with Crippen LogP contribution in [0.5, 0.6) is 5.75 Å². The first-order valence-corrected chi connectivity index (χ1v) is 6.17. The van der Waals surface area contributed by atoms with E-state index in [1.807, 2.05) is 6.92 Å². The second-order valence-corrected chi connectivity index (χ2v) is 4.46. The summed E-state index contributed by atoms with van der Waals surface area (Å²) < 4.78 is 5.81. The van der Waals surface area contributed by atoms with Crippen molar-refractivity contribution in [1.29, 1.82) is 0 Å². The molecule has 4 nitrogen and oxygen atoms in total. The van der Waals surface area contributed by atoms with Gasteiger partial charge in [0.05, 0.1) is 24.2 Å². The first-order chi connectivity index (χ1) is 8.12. The van der Waals surface area contributed by atoms with E-state index in [1.54, 1.807) is 25.3 Å². The van der Waals surface area contributed by atoms with E-state index in [2.05, 4.69) is 21.2 Å². The number of benzene rings is 1. The molecule has 1 rings (SSSR count). The second-order valence-electron chi connectivity index (χ2n) is 3.61. The van der Waals surface area contributed by atoms with Crippen molar-refractivity contribution >= 4 is 21.8 Å². The zero-order valence-corrected chi connectivity index (χ0v) is 11.5. The Morgan fingerprint density at radius 3 is 2.76 bits per heavy atom. The van der Waals surface area contributed by atoms with Crippen LogP contribution >= 0.6 is 15.9 Å². The van der Waals surface area contributed by atoms with Gasteiger partial charge in [-0.05, 0) is 40.5 Å². The molecule has 0 fully saturated rings. The van der Waals surface area contributed by atoms with Crippen LogP contribution < -0.4 is 10.1 Å². The van der Waals surface area contributed by atoms with Crippen LogP contribution in [0.2, 0.25) is 0 Å². The van der Waals surface area contributed by atoms with E-state index in [4.69, 9.17) is 9.84 Å². The summed E-state index contributed by atoms with van der Waals surface area (Å²) in [5.41, 5.74) is 0.532. The van der Waals surface area contributed by atoms with Gasteiger partial charge in [0.1, 0.15) is 5.75 Å². The fourth-order valence-corrected chi connectivity index (χ4v) is 1.89. The molecule has 0 spiro atoms. The summed E-state index contributed by atoms with van der Waals surface area (Å²) >= 11 is 3.32. The van der Waals surface area contributed by atoms with Crippen molar-refractivity contribution < 1.29 is 14.6 Å². The van der Waals surface area contributed by atoms with Crippen molar-refractivity contribution in [3.8, 4) is 5.75 Å². The summed E-state index contributed by atoms with van der Waals surface area (Å²) in [6, 6.07) is 4.89. The maximum absolute atomic E-state index is 11.8. The van der Waals surface area contributed by atoms with E-state index in [0.717, 1.165) is 4.47 Å². The molecule has 1 aromatic carbocycles. The first-order valence-electron chi connectivity index (χ1n) is 5.37. The number of halogens is 1. The number of aliphatic hydroxyl groups excluding tert-OH is 1. The molecule has 1 atom stereocenters. The van der Waals surface area contributed by atoms with E-state index < -0.39 is 0 Å². The SMILES string of the molecule is CC[C@H](CO)NC(=O)c1ccc(OC)c(Br)c1. The van der Waals surface area contributed by atoms with Crippen LogP contribution in [0, 0.1) is 0 Å². The number of ether oxygens (including phenoxy) is 1. The van der Waals surface area contributed by atoms with Crippen LogP contribution in [-0.4, -0.2) is 30.8 Å². The average molecular weight is 302 g/mol. The standard InChI is InChI=1S/C12H16BrNO3/c1-3-9(7-15)14-12(16)8-4-5-11(17-2)10(13)6-8/h4-6,9,15H,3,7H2,1-2H3,(H,14,16)/t9-/m1/s1. The molecule has 1 amide bonds. The van der Waals surface area contributed by atoms with Crippen LogP contribution in [0.1, 0.15) is 23.7 Å². The summed E-state index contributed by atoms with van der Waals surface area (Å²) in [4.78, 5) is 11.8. The normalized spacial score (nSPS) is 12.0. The van der Waals surface area contributed by atoms with Crippen LogP contribution in [0.4, 0.5) is 0 Å². The lowest BCUT2D eigenvalue weighted by molar-refractivity contribution is 0.0915. The molecule has 0 aromatic heterocycles. The predicted octanol–water partition coefficient (Wildman–Crippen LogP) is 1.96. The highest BCUT2D eigenvalue weighted by Crippen LogP contribution is 2.25. The van der Waals surface area contributed by atoms with Crippen molar-refractivity contribution in [2.75, 3.05) is 13.7 Å². The van der Waals surface area contributed by atoms with Crippen LogP contribution in [-0.2, 0) is 0 Å². The highest BCUT2D eigenvalue weighted by atomic mass is 79.9. The Morgan fingerprint density at radius 2 is 2.29 bits per heavy atom. The van der Waals surface area contributed by atoms with Gasteiger partial charge in [-0.2, -0.15) is 0 Å². The molecular formula is C12H16BrNO3. The van der Waals surface area contributed by atoms with Gasteiger partial charge in [-0.1, -0.05) is 6.92 Å². The largest absolute Gasteiger partial charge is 0.496 e. The molecule has 0 heterocycles. The molecule has 5 heteroatoms. The van der Waals surface area contributed by atoms with E-state index in [9.17, 15) is 4.79 Å². The highest BCUT2D eigenvalue weighted by molar-refractivity contribution is 9.10. The lowest BCUT2D eigenvalue weighted by atomic mass is 10.1. The van der Waals surface area contributed by atoms with Gasteiger partial charge < -0.3 is 15.2 Å². The number of nitrogens with one attached hydrogen (secondary N) is 1. The quantitative estimate of drug-likeness (QED) is 0.874. The van der Waals surface area contributed by atoms with Gasteiger partial charge in [0.2, 0.25) is 0 Å². The van der Waals surface area contributed by atoms with Gasteiger partial charge in [0.25, 0.3) is 5.91 Å². The van der Waals surface area contributed by atoms with Crippen LogP contribution in [0.15, 0.2) is 22.7 Å². The molecular weight excluding hydrogens is 286 g/mol. The van der Waals surface area contributed by atoms with E-state index in [0.29, 0.717) is 17.7 Å². The number of hydrogen-bond donors (Lipinski definition) is 2. The average Bonchev–Trinajstić information content (AvgIpc) is 2.35. The van der Waals surface area contributed by atoms with Crippen molar-refractivity contribution in [1.82, 2.24) is 5.32 Å². The Bertz CT molecular complexity index is 391. The molecule has 0 unspecified atom stereocenters. The molecule has 2 N–H and O–H groups in total. The maximum atomic E-state index is 11.8. The molecule has 1 aromatic rings. The third-order valence-corrected chi connectivity index (χ3v) is 3.08. The molecule has 94 valence electrons. The van der Waals surface area contributed by atoms with Gasteiger partial charge >= 0.3 is 0 Å². The molecule has 0 aliphatic rings. The lowest BCUT2D eigenvalue weighted by Gasteiger charge is -2.14. The van der Waals surface area contributed by atoms with Gasteiger partial charge in [-0.15, -0.1) is 0 Å². The zero-order valence-electron chi connectivity index (χ0n) is 9.87. The van der Waals surface area contributed by atoms with Crippen molar-refractivity contribution in [3.63, 3.8) is 0 Å². The number of aliphatic hydroxyl groups is 1. The number of amides is 1. The van der Waals surface area contributed by atoms with Crippen molar-refractivity contribution in [2.24, 2.45) is 0 Å². The Balaban J connectivity index is 2.79. The molecule has 0 bridgehead atoms. The summed E-state index contributed by atoms with van der Waals surface area (Å²) in [6.07, 6.45) is 0.694. The summed E-state index contributed by atoms with van der Waals surface area (Å²) in [5.74, 6) is 0.477. The third kappa shape index (κ3) is 3.71. The number of methoxy groups -OCH3 is 1. The van der Waals surface area contributed by atoms with Crippen molar-refractivity contribution in [3.05, 3.63) is 28.2 Å². The van der Waals surface area contributed by atoms with Gasteiger partial charge in [0.15, 0.2) is 0 Å².